The van der Waals surface area contributed by atoms with Gasteiger partial charge in [0.1, 0.15) is 16.7 Å². The van der Waals surface area contributed by atoms with Crippen LogP contribution >= 0.6 is 23.2 Å². The molecule has 0 bridgehead atoms. The van der Waals surface area contributed by atoms with Gasteiger partial charge >= 0.3 is 0 Å². The van der Waals surface area contributed by atoms with Gasteiger partial charge in [-0.2, -0.15) is 0 Å². The van der Waals surface area contributed by atoms with E-state index < -0.39 is 0 Å². The van der Waals surface area contributed by atoms with Crippen LogP contribution in [0, 0.1) is 0 Å². The highest BCUT2D eigenvalue weighted by Gasteiger charge is 2.27. The molecule has 3 nitrogen and oxygen atoms in total. The SMILES string of the molecule is Clc1cc(-c2cc3cccc(Cl)c3o2)nc(C2CC2)n1. The van der Waals surface area contributed by atoms with Crippen molar-refractivity contribution >= 4 is 34.2 Å². The second kappa shape index (κ2) is 4.47. The molecule has 4 rings (SSSR count). The summed E-state index contributed by atoms with van der Waals surface area (Å²) in [5.74, 6) is 1.92. The van der Waals surface area contributed by atoms with Gasteiger partial charge in [0.15, 0.2) is 11.3 Å². The predicted octanol–water partition coefficient (Wildman–Crippen LogP) is 5.07. The Labute approximate surface area is 125 Å². The number of hydrogen-bond acceptors (Lipinski definition) is 3. The molecule has 1 aromatic carbocycles. The Bertz CT molecular complexity index is 809. The molecule has 0 aliphatic heterocycles. The maximum atomic E-state index is 6.13. The fourth-order valence-corrected chi connectivity index (χ4v) is 2.65. The lowest BCUT2D eigenvalue weighted by Crippen LogP contribution is -1.94. The van der Waals surface area contributed by atoms with Crippen molar-refractivity contribution in [2.45, 2.75) is 18.8 Å². The summed E-state index contributed by atoms with van der Waals surface area (Å²) in [6.45, 7) is 0. The molecule has 0 unspecified atom stereocenters. The van der Waals surface area contributed by atoms with Crippen LogP contribution in [0.2, 0.25) is 10.2 Å². The lowest BCUT2D eigenvalue weighted by molar-refractivity contribution is 0.627. The van der Waals surface area contributed by atoms with E-state index in [0.717, 1.165) is 24.1 Å². The average Bonchev–Trinajstić information content (AvgIpc) is 3.18. The van der Waals surface area contributed by atoms with Crippen LogP contribution in [0.4, 0.5) is 0 Å². The van der Waals surface area contributed by atoms with Crippen LogP contribution in [0.15, 0.2) is 34.7 Å². The zero-order chi connectivity index (χ0) is 13.7. The molecule has 0 spiro atoms. The van der Waals surface area contributed by atoms with Gasteiger partial charge in [-0.3, -0.25) is 0 Å². The van der Waals surface area contributed by atoms with E-state index in [0.29, 0.717) is 33.1 Å². The van der Waals surface area contributed by atoms with Gasteiger partial charge in [-0.15, -0.1) is 0 Å². The van der Waals surface area contributed by atoms with Crippen molar-refractivity contribution in [3.63, 3.8) is 0 Å². The second-order valence-electron chi connectivity index (χ2n) is 4.98. The summed E-state index contributed by atoms with van der Waals surface area (Å²) >= 11 is 12.2. The first-order valence-corrected chi connectivity index (χ1v) is 7.19. The van der Waals surface area contributed by atoms with Crippen LogP contribution in [0.25, 0.3) is 22.4 Å². The molecule has 1 fully saturated rings. The number of para-hydroxylation sites is 1. The Morgan fingerprint density at radius 2 is 1.95 bits per heavy atom. The molecule has 1 saturated carbocycles. The van der Waals surface area contributed by atoms with Gasteiger partial charge < -0.3 is 4.42 Å². The molecule has 0 radical (unpaired) electrons. The fraction of sp³-hybridized carbons (Fsp3) is 0.200. The van der Waals surface area contributed by atoms with Gasteiger partial charge in [0, 0.05) is 17.4 Å². The average molecular weight is 305 g/mol. The molecule has 5 heteroatoms. The van der Waals surface area contributed by atoms with Crippen LogP contribution < -0.4 is 0 Å². The number of nitrogens with zero attached hydrogens (tertiary/aromatic N) is 2. The van der Waals surface area contributed by atoms with Gasteiger partial charge in [-0.1, -0.05) is 35.3 Å². The third kappa shape index (κ3) is 2.07. The third-order valence-electron chi connectivity index (χ3n) is 3.40. The quantitative estimate of drug-likeness (QED) is 0.620. The van der Waals surface area contributed by atoms with Crippen molar-refractivity contribution < 1.29 is 4.42 Å². The zero-order valence-electron chi connectivity index (χ0n) is 10.4. The summed E-state index contributed by atoms with van der Waals surface area (Å²) < 4.78 is 5.81. The van der Waals surface area contributed by atoms with E-state index in [1.54, 1.807) is 12.1 Å². The van der Waals surface area contributed by atoms with E-state index >= 15 is 0 Å². The van der Waals surface area contributed by atoms with E-state index in [9.17, 15) is 0 Å². The molecule has 0 saturated heterocycles. The van der Waals surface area contributed by atoms with E-state index in [4.69, 9.17) is 27.6 Å². The van der Waals surface area contributed by atoms with E-state index in [1.165, 1.54) is 0 Å². The first kappa shape index (κ1) is 12.2. The molecule has 0 atom stereocenters. The molecule has 20 heavy (non-hydrogen) atoms. The first-order valence-electron chi connectivity index (χ1n) is 6.43. The van der Waals surface area contributed by atoms with Crippen LogP contribution in [-0.4, -0.2) is 9.97 Å². The van der Waals surface area contributed by atoms with Crippen LogP contribution in [0.1, 0.15) is 24.6 Å². The molecule has 3 aromatic rings. The van der Waals surface area contributed by atoms with Gasteiger partial charge in [0.05, 0.1) is 5.02 Å². The van der Waals surface area contributed by atoms with E-state index in [2.05, 4.69) is 9.97 Å². The fourth-order valence-electron chi connectivity index (χ4n) is 2.24. The summed E-state index contributed by atoms with van der Waals surface area (Å²) in [5.41, 5.74) is 1.38. The first-order chi connectivity index (χ1) is 9.70. The number of rotatable bonds is 2. The summed E-state index contributed by atoms with van der Waals surface area (Å²) in [4.78, 5) is 8.84. The summed E-state index contributed by atoms with van der Waals surface area (Å²) in [6, 6.07) is 9.31. The highest BCUT2D eigenvalue weighted by atomic mass is 35.5. The standard InChI is InChI=1S/C15H10Cl2N2O/c16-10-3-1-2-9-6-12(20-14(9)10)11-7-13(17)19-15(18-11)8-4-5-8/h1-3,6-8H,4-5H2. The molecular weight excluding hydrogens is 295 g/mol. The van der Waals surface area contributed by atoms with Crippen molar-refractivity contribution in [2.75, 3.05) is 0 Å². The zero-order valence-corrected chi connectivity index (χ0v) is 11.9. The molecule has 2 aromatic heterocycles. The van der Waals surface area contributed by atoms with Gasteiger partial charge in [0.25, 0.3) is 0 Å². The highest BCUT2D eigenvalue weighted by Crippen LogP contribution is 2.39. The maximum absolute atomic E-state index is 6.13. The Morgan fingerprint density at radius 3 is 2.70 bits per heavy atom. The van der Waals surface area contributed by atoms with Crippen molar-refractivity contribution in [2.24, 2.45) is 0 Å². The highest BCUT2D eigenvalue weighted by molar-refractivity contribution is 6.34. The molecular formula is C15H10Cl2N2O. The van der Waals surface area contributed by atoms with Crippen LogP contribution in [-0.2, 0) is 0 Å². The lowest BCUT2D eigenvalue weighted by Gasteiger charge is -2.01. The van der Waals surface area contributed by atoms with Crippen LogP contribution in [0.5, 0.6) is 0 Å². The molecule has 100 valence electrons. The monoisotopic (exact) mass is 304 g/mol. The van der Waals surface area contributed by atoms with Gasteiger partial charge in [0.2, 0.25) is 0 Å². The third-order valence-corrected chi connectivity index (χ3v) is 3.89. The van der Waals surface area contributed by atoms with Crippen LogP contribution in [0.3, 0.4) is 0 Å². The predicted molar refractivity (Wildman–Crippen MR) is 79.2 cm³/mol. The number of hydrogen-bond donors (Lipinski definition) is 0. The largest absolute Gasteiger partial charge is 0.453 e. The van der Waals surface area contributed by atoms with Gasteiger partial charge in [-0.05, 0) is 25.0 Å². The summed E-state index contributed by atoms with van der Waals surface area (Å²) in [5, 5.41) is 2.00. The minimum absolute atomic E-state index is 0.445. The molecule has 2 heterocycles. The Balaban J connectivity index is 1.87. The van der Waals surface area contributed by atoms with E-state index in [1.807, 2.05) is 18.2 Å². The number of fused-ring (bicyclic) bond motifs is 1. The topological polar surface area (TPSA) is 38.9 Å². The van der Waals surface area contributed by atoms with Gasteiger partial charge in [-0.25, -0.2) is 9.97 Å². The number of aromatic nitrogens is 2. The molecule has 1 aliphatic rings. The van der Waals surface area contributed by atoms with Crippen molar-refractivity contribution in [3.05, 3.63) is 46.3 Å². The molecule has 0 N–H and O–H groups in total. The van der Waals surface area contributed by atoms with Crippen molar-refractivity contribution in [1.82, 2.24) is 9.97 Å². The smallest absolute Gasteiger partial charge is 0.154 e. The Hall–Kier alpha value is -1.58. The molecule has 0 amide bonds. The summed E-state index contributed by atoms with van der Waals surface area (Å²) in [7, 11) is 0. The number of benzene rings is 1. The lowest BCUT2D eigenvalue weighted by atomic mass is 10.2. The normalized spacial score (nSPS) is 14.9. The maximum Gasteiger partial charge on any atom is 0.154 e. The van der Waals surface area contributed by atoms with Crippen molar-refractivity contribution in [3.8, 4) is 11.5 Å². The molecule has 1 aliphatic carbocycles. The number of furan rings is 1. The second-order valence-corrected chi connectivity index (χ2v) is 5.77. The number of halogens is 2. The Kier molecular flexibility index (Phi) is 2.72. The van der Waals surface area contributed by atoms with E-state index in [-0.39, 0.29) is 0 Å². The Morgan fingerprint density at radius 1 is 1.10 bits per heavy atom. The van der Waals surface area contributed by atoms with Crippen molar-refractivity contribution in [1.29, 1.82) is 0 Å². The summed E-state index contributed by atoms with van der Waals surface area (Å²) in [6.07, 6.45) is 2.26. The minimum atomic E-state index is 0.445. The minimum Gasteiger partial charge on any atom is -0.453 e.